The highest BCUT2D eigenvalue weighted by Crippen LogP contribution is 2.22. The van der Waals surface area contributed by atoms with Crippen LogP contribution in [0.1, 0.15) is 23.6 Å². The lowest BCUT2D eigenvalue weighted by Gasteiger charge is -2.34. The average Bonchev–Trinajstić information content (AvgIpc) is 2.91. The second-order valence-corrected chi connectivity index (χ2v) is 11.2. The van der Waals surface area contributed by atoms with Gasteiger partial charge in [-0.3, -0.25) is 9.59 Å². The Morgan fingerprint density at radius 3 is 2.03 bits per heavy atom. The fraction of sp³-hybridized carbons (Fsp3) is 0.310. The van der Waals surface area contributed by atoms with Gasteiger partial charge in [0.05, 0.1) is 5.69 Å². The Morgan fingerprint density at radius 2 is 1.45 bits per heavy atom. The number of carbonyl (C=O) groups excluding carboxylic acids is 2. The number of aryl methyl sites for hydroxylation is 1. The van der Waals surface area contributed by atoms with E-state index in [2.05, 4.69) is 5.32 Å². The van der Waals surface area contributed by atoms with E-state index in [0.29, 0.717) is 12.2 Å². The minimum Gasteiger partial charge on any atom is -0.355 e. The van der Waals surface area contributed by atoms with Crippen molar-refractivity contribution in [2.24, 2.45) is 0 Å². The van der Waals surface area contributed by atoms with E-state index in [0.717, 1.165) is 25.3 Å². The molecule has 0 unspecified atom stereocenters. The first-order valence-electron chi connectivity index (χ1n) is 12.6. The number of likely N-dealkylation sites (N-methyl/N-ethyl adjacent to an activating group) is 1. The van der Waals surface area contributed by atoms with Crippen LogP contribution in [0.25, 0.3) is 0 Å². The molecule has 0 spiro atoms. The van der Waals surface area contributed by atoms with Gasteiger partial charge < -0.3 is 10.2 Å². The molecule has 202 valence electrons. The summed E-state index contributed by atoms with van der Waals surface area (Å²) in [7, 11) is -1.15. The van der Waals surface area contributed by atoms with Gasteiger partial charge >= 0.3 is 10.2 Å². The zero-order valence-electron chi connectivity index (χ0n) is 22.4. The fourth-order valence-electron chi connectivity index (χ4n) is 4.13. The Morgan fingerprint density at radius 1 is 0.868 bits per heavy atom. The molecular formula is C29H36N4O4S. The lowest BCUT2D eigenvalue weighted by atomic mass is 10.0. The van der Waals surface area contributed by atoms with Crippen molar-refractivity contribution in [2.75, 3.05) is 31.5 Å². The predicted molar refractivity (Wildman–Crippen MR) is 151 cm³/mol. The third-order valence-corrected chi connectivity index (χ3v) is 8.11. The van der Waals surface area contributed by atoms with Gasteiger partial charge in [0.2, 0.25) is 11.8 Å². The summed E-state index contributed by atoms with van der Waals surface area (Å²) in [6.45, 7) is 3.88. The molecule has 3 aromatic rings. The zero-order chi connectivity index (χ0) is 27.7. The second-order valence-electron chi connectivity index (χ2n) is 9.18. The molecule has 1 N–H and O–H groups in total. The van der Waals surface area contributed by atoms with Crippen LogP contribution < -0.4 is 9.62 Å². The van der Waals surface area contributed by atoms with Crippen LogP contribution in [0.4, 0.5) is 5.69 Å². The number of nitrogens with zero attached hydrogens (tertiary/aromatic N) is 3. The number of carbonyl (C=O) groups is 2. The molecule has 0 aliphatic heterocycles. The highest BCUT2D eigenvalue weighted by Gasteiger charge is 2.34. The Kier molecular flexibility index (Phi) is 10.0. The van der Waals surface area contributed by atoms with Gasteiger partial charge in [0.15, 0.2) is 0 Å². The summed E-state index contributed by atoms with van der Waals surface area (Å²) < 4.78 is 28.8. The monoisotopic (exact) mass is 536 g/mol. The maximum atomic E-state index is 14.1. The van der Waals surface area contributed by atoms with E-state index in [9.17, 15) is 18.0 Å². The van der Waals surface area contributed by atoms with E-state index in [1.54, 1.807) is 30.3 Å². The summed E-state index contributed by atoms with van der Waals surface area (Å²) in [5, 5.41) is 2.86. The lowest BCUT2D eigenvalue weighted by molar-refractivity contribution is -0.140. The van der Waals surface area contributed by atoms with Crippen molar-refractivity contribution in [1.82, 2.24) is 14.5 Å². The molecule has 9 heteroatoms. The highest BCUT2D eigenvalue weighted by atomic mass is 32.2. The molecule has 0 bridgehead atoms. The zero-order valence-corrected chi connectivity index (χ0v) is 23.2. The number of para-hydroxylation sites is 1. The number of rotatable bonds is 12. The van der Waals surface area contributed by atoms with E-state index >= 15 is 0 Å². The van der Waals surface area contributed by atoms with Gasteiger partial charge in [0.25, 0.3) is 0 Å². The molecule has 8 nitrogen and oxygen atoms in total. The van der Waals surface area contributed by atoms with Crippen LogP contribution >= 0.6 is 0 Å². The maximum Gasteiger partial charge on any atom is 0.304 e. The van der Waals surface area contributed by atoms with Crippen molar-refractivity contribution in [3.63, 3.8) is 0 Å². The predicted octanol–water partition coefficient (Wildman–Crippen LogP) is 3.38. The summed E-state index contributed by atoms with van der Waals surface area (Å²) in [6, 6.07) is 24.8. The van der Waals surface area contributed by atoms with Crippen LogP contribution in [0, 0.1) is 6.92 Å². The molecule has 0 saturated carbocycles. The molecule has 38 heavy (non-hydrogen) atoms. The fourth-order valence-corrected chi connectivity index (χ4v) is 5.18. The number of amides is 2. The maximum absolute atomic E-state index is 14.1. The first-order chi connectivity index (χ1) is 18.1. The van der Waals surface area contributed by atoms with Gasteiger partial charge in [-0.1, -0.05) is 72.8 Å². The molecule has 3 rings (SSSR count). The topological polar surface area (TPSA) is 90.0 Å². The van der Waals surface area contributed by atoms with Crippen molar-refractivity contribution in [3.05, 3.63) is 102 Å². The summed E-state index contributed by atoms with van der Waals surface area (Å²) in [4.78, 5) is 29.0. The number of anilines is 1. The Balaban J connectivity index is 2.07. The van der Waals surface area contributed by atoms with E-state index < -0.39 is 28.7 Å². The van der Waals surface area contributed by atoms with Crippen LogP contribution in [0.5, 0.6) is 0 Å². The SMILES string of the molecule is CCNC(=O)[C@@H](Cc1ccccc1)N(Cc1ccccc1C)C(=O)CN(c1ccccc1)S(=O)(=O)N(C)C. The van der Waals surface area contributed by atoms with E-state index in [-0.39, 0.29) is 18.9 Å². The van der Waals surface area contributed by atoms with Crippen LogP contribution in [0.3, 0.4) is 0 Å². The van der Waals surface area contributed by atoms with E-state index in [1.807, 2.05) is 68.4 Å². The smallest absolute Gasteiger partial charge is 0.304 e. The van der Waals surface area contributed by atoms with Gasteiger partial charge in [-0.05, 0) is 42.7 Å². The number of hydrogen-bond donors (Lipinski definition) is 1. The first kappa shape index (κ1) is 28.9. The van der Waals surface area contributed by atoms with Crippen molar-refractivity contribution in [2.45, 2.75) is 32.9 Å². The third-order valence-electron chi connectivity index (χ3n) is 6.29. The molecule has 0 aromatic heterocycles. The van der Waals surface area contributed by atoms with Crippen molar-refractivity contribution < 1.29 is 18.0 Å². The Bertz CT molecular complexity index is 1310. The molecule has 0 fully saturated rings. The Labute approximate surface area is 226 Å². The normalized spacial score (nSPS) is 12.1. The minimum absolute atomic E-state index is 0.158. The first-order valence-corrected chi connectivity index (χ1v) is 14.0. The molecule has 0 radical (unpaired) electrons. The minimum atomic E-state index is -4.00. The lowest BCUT2D eigenvalue weighted by Crippen LogP contribution is -2.54. The molecular weight excluding hydrogens is 500 g/mol. The molecule has 2 amide bonds. The summed E-state index contributed by atoms with van der Waals surface area (Å²) in [6.07, 6.45) is 0.288. The van der Waals surface area contributed by atoms with Crippen LogP contribution in [0.15, 0.2) is 84.9 Å². The highest BCUT2D eigenvalue weighted by molar-refractivity contribution is 7.90. The van der Waals surface area contributed by atoms with Crippen molar-refractivity contribution in [3.8, 4) is 0 Å². The molecule has 1 atom stereocenters. The number of hydrogen-bond acceptors (Lipinski definition) is 4. The molecule has 0 heterocycles. The average molecular weight is 537 g/mol. The second kappa shape index (κ2) is 13.2. The Hall–Kier alpha value is -3.69. The summed E-state index contributed by atoms with van der Waals surface area (Å²) in [5.74, 6) is -0.769. The third kappa shape index (κ3) is 7.20. The molecule has 3 aromatic carbocycles. The van der Waals surface area contributed by atoms with Gasteiger partial charge in [0.1, 0.15) is 12.6 Å². The van der Waals surface area contributed by atoms with E-state index in [4.69, 9.17) is 0 Å². The van der Waals surface area contributed by atoms with Crippen LogP contribution in [0.2, 0.25) is 0 Å². The van der Waals surface area contributed by atoms with Gasteiger partial charge in [-0.25, -0.2) is 4.31 Å². The largest absolute Gasteiger partial charge is 0.355 e. The molecule has 0 aliphatic rings. The van der Waals surface area contributed by atoms with Crippen molar-refractivity contribution >= 4 is 27.7 Å². The van der Waals surface area contributed by atoms with Crippen molar-refractivity contribution in [1.29, 1.82) is 0 Å². The van der Waals surface area contributed by atoms with Crippen LogP contribution in [-0.4, -0.2) is 62.7 Å². The summed E-state index contributed by atoms with van der Waals surface area (Å²) in [5.41, 5.74) is 3.11. The number of benzene rings is 3. The number of nitrogens with one attached hydrogen (secondary N) is 1. The van der Waals surface area contributed by atoms with Crippen LogP contribution in [-0.2, 0) is 32.8 Å². The van der Waals surface area contributed by atoms with E-state index in [1.165, 1.54) is 19.0 Å². The summed E-state index contributed by atoms with van der Waals surface area (Å²) >= 11 is 0. The standard InChI is InChI=1S/C29H36N4O4S/c1-5-30-29(35)27(20-24-15-8-6-9-16-24)32(21-25-17-13-12-14-23(25)2)28(34)22-33(38(36,37)31(3)4)26-18-10-7-11-19-26/h6-19,27H,5,20-22H2,1-4H3,(H,30,35)/t27-/m1/s1. The van der Waals surface area contributed by atoms with Gasteiger partial charge in [-0.2, -0.15) is 12.7 Å². The van der Waals surface area contributed by atoms with Gasteiger partial charge in [0, 0.05) is 33.6 Å². The molecule has 0 saturated heterocycles. The van der Waals surface area contributed by atoms with Gasteiger partial charge in [-0.15, -0.1) is 0 Å². The molecule has 0 aliphatic carbocycles. The quantitative estimate of drug-likeness (QED) is 0.384.